The predicted molar refractivity (Wildman–Crippen MR) is 115 cm³/mol. The Morgan fingerprint density at radius 1 is 1.07 bits per heavy atom. The van der Waals surface area contributed by atoms with E-state index in [0.29, 0.717) is 37.5 Å². The summed E-state index contributed by atoms with van der Waals surface area (Å²) in [7, 11) is -3.54. The largest absolute Gasteiger partial charge is 0.354 e. The zero-order chi connectivity index (χ0) is 21.1. The number of hydrogen-bond acceptors (Lipinski definition) is 4. The van der Waals surface area contributed by atoms with Crippen molar-refractivity contribution < 1.29 is 13.2 Å². The van der Waals surface area contributed by atoms with Gasteiger partial charge in [-0.2, -0.15) is 4.31 Å². The van der Waals surface area contributed by atoms with Gasteiger partial charge in [-0.15, -0.1) is 0 Å². The van der Waals surface area contributed by atoms with E-state index in [1.54, 1.807) is 12.1 Å². The number of hydrogen-bond donors (Lipinski definition) is 1. The Bertz CT molecular complexity index is 797. The summed E-state index contributed by atoms with van der Waals surface area (Å²) in [6.45, 7) is 7.87. The summed E-state index contributed by atoms with van der Waals surface area (Å²) in [4.78, 5) is 15.4. The molecule has 0 aromatic heterocycles. The molecule has 1 N–H and O–H groups in total. The monoisotopic (exact) mass is 441 g/mol. The average molecular weight is 442 g/mol. The van der Waals surface area contributed by atoms with Crippen LogP contribution in [0, 0.1) is 5.92 Å². The molecule has 8 heteroatoms. The average Bonchev–Trinajstić information content (AvgIpc) is 2.73. The fourth-order valence-corrected chi connectivity index (χ4v) is 5.77. The van der Waals surface area contributed by atoms with E-state index in [1.807, 2.05) is 0 Å². The fourth-order valence-electron chi connectivity index (χ4n) is 4.17. The van der Waals surface area contributed by atoms with Gasteiger partial charge in [0.2, 0.25) is 15.9 Å². The van der Waals surface area contributed by atoms with E-state index in [9.17, 15) is 13.2 Å². The molecular formula is C21H32ClN3O3S. The number of benzene rings is 1. The molecule has 2 aliphatic heterocycles. The lowest BCUT2D eigenvalue weighted by Crippen LogP contribution is -2.54. The molecule has 1 amide bonds. The van der Waals surface area contributed by atoms with Crippen LogP contribution in [0.2, 0.25) is 5.02 Å². The Balaban J connectivity index is 1.51. The topological polar surface area (TPSA) is 69.7 Å². The maximum Gasteiger partial charge on any atom is 0.243 e. The van der Waals surface area contributed by atoms with Crippen molar-refractivity contribution in [3.63, 3.8) is 0 Å². The second-order valence-electron chi connectivity index (χ2n) is 8.71. The second kappa shape index (κ2) is 9.33. The summed E-state index contributed by atoms with van der Waals surface area (Å²) >= 11 is 5.86. The van der Waals surface area contributed by atoms with Crippen molar-refractivity contribution in [3.05, 3.63) is 29.3 Å². The van der Waals surface area contributed by atoms with Gasteiger partial charge in [0.05, 0.1) is 4.90 Å². The minimum absolute atomic E-state index is 0.0404. The first kappa shape index (κ1) is 22.5. The quantitative estimate of drug-likeness (QED) is 0.736. The van der Waals surface area contributed by atoms with Gasteiger partial charge in [-0.25, -0.2) is 8.42 Å². The molecule has 3 rings (SSSR count). The lowest BCUT2D eigenvalue weighted by Gasteiger charge is -2.41. The van der Waals surface area contributed by atoms with E-state index in [1.165, 1.54) is 35.7 Å². The van der Waals surface area contributed by atoms with E-state index in [0.717, 1.165) is 13.1 Å². The number of sulfonamides is 1. The van der Waals surface area contributed by atoms with E-state index < -0.39 is 10.0 Å². The van der Waals surface area contributed by atoms with Gasteiger partial charge >= 0.3 is 0 Å². The van der Waals surface area contributed by atoms with Crippen molar-refractivity contribution in [2.24, 2.45) is 5.92 Å². The molecule has 2 fully saturated rings. The SMILES string of the molecule is CC(C)(CNC(=O)C1CCN(S(=O)(=O)c2ccc(Cl)cc2)CC1)N1CCCCC1. The summed E-state index contributed by atoms with van der Waals surface area (Å²) in [5, 5.41) is 3.62. The fraction of sp³-hybridized carbons (Fsp3) is 0.667. The van der Waals surface area contributed by atoms with Crippen molar-refractivity contribution in [3.8, 4) is 0 Å². The third kappa shape index (κ3) is 5.51. The minimum atomic E-state index is -3.54. The number of rotatable bonds is 6. The van der Waals surface area contributed by atoms with E-state index in [-0.39, 0.29) is 22.3 Å². The van der Waals surface area contributed by atoms with Crippen LogP contribution in [0.15, 0.2) is 29.2 Å². The number of halogens is 1. The van der Waals surface area contributed by atoms with E-state index in [2.05, 4.69) is 24.1 Å². The number of amides is 1. The molecule has 0 unspecified atom stereocenters. The maximum atomic E-state index is 12.8. The molecule has 1 aromatic rings. The van der Waals surface area contributed by atoms with Crippen LogP contribution in [-0.4, -0.2) is 61.8 Å². The summed E-state index contributed by atoms with van der Waals surface area (Å²) < 4.78 is 27.0. The number of nitrogens with one attached hydrogen (secondary N) is 1. The van der Waals surface area contributed by atoms with Crippen LogP contribution >= 0.6 is 11.6 Å². The summed E-state index contributed by atoms with van der Waals surface area (Å²) in [5.74, 6) is -0.0950. The van der Waals surface area contributed by atoms with Crippen LogP contribution < -0.4 is 5.32 Å². The zero-order valence-corrected chi connectivity index (χ0v) is 18.9. The van der Waals surface area contributed by atoms with Gasteiger partial charge in [0.1, 0.15) is 0 Å². The third-order valence-corrected chi connectivity index (χ3v) is 8.35. The zero-order valence-electron chi connectivity index (χ0n) is 17.4. The minimum Gasteiger partial charge on any atom is -0.354 e. The lowest BCUT2D eigenvalue weighted by molar-refractivity contribution is -0.126. The van der Waals surface area contributed by atoms with Gasteiger partial charge in [0.15, 0.2) is 0 Å². The van der Waals surface area contributed by atoms with Gasteiger partial charge in [0.25, 0.3) is 0 Å². The van der Waals surface area contributed by atoms with Crippen molar-refractivity contribution in [2.45, 2.75) is 56.4 Å². The first-order valence-electron chi connectivity index (χ1n) is 10.5. The van der Waals surface area contributed by atoms with Crippen molar-refractivity contribution in [1.82, 2.24) is 14.5 Å². The first-order valence-corrected chi connectivity index (χ1v) is 12.3. The summed E-state index contributed by atoms with van der Waals surface area (Å²) in [6.07, 6.45) is 4.82. The molecule has 0 saturated carbocycles. The van der Waals surface area contributed by atoms with Gasteiger partial charge in [-0.1, -0.05) is 18.0 Å². The van der Waals surface area contributed by atoms with Crippen LogP contribution in [-0.2, 0) is 14.8 Å². The molecule has 6 nitrogen and oxygen atoms in total. The van der Waals surface area contributed by atoms with Crippen molar-refractivity contribution in [2.75, 3.05) is 32.7 Å². The van der Waals surface area contributed by atoms with Gasteiger partial charge in [0, 0.05) is 36.1 Å². The second-order valence-corrected chi connectivity index (χ2v) is 11.1. The Morgan fingerprint density at radius 3 is 2.24 bits per heavy atom. The molecule has 2 aliphatic rings. The molecule has 0 atom stereocenters. The highest BCUT2D eigenvalue weighted by Crippen LogP contribution is 2.25. The Hall–Kier alpha value is -1.15. The van der Waals surface area contributed by atoms with Crippen LogP contribution in [0.5, 0.6) is 0 Å². The molecule has 0 radical (unpaired) electrons. The molecule has 29 heavy (non-hydrogen) atoms. The van der Waals surface area contributed by atoms with Gasteiger partial charge < -0.3 is 5.32 Å². The standard InChI is InChI=1S/C21H32ClN3O3S/c1-21(2,24-12-4-3-5-13-24)16-23-20(26)17-10-14-25(15-11-17)29(27,28)19-8-6-18(22)7-9-19/h6-9,17H,3-5,10-16H2,1-2H3,(H,23,26). The first-order chi connectivity index (χ1) is 13.7. The molecular weight excluding hydrogens is 410 g/mol. The van der Waals surface area contributed by atoms with Gasteiger partial charge in [-0.05, 0) is 76.9 Å². The molecule has 2 heterocycles. The molecule has 2 saturated heterocycles. The lowest BCUT2D eigenvalue weighted by atomic mass is 9.95. The molecule has 0 spiro atoms. The Morgan fingerprint density at radius 2 is 1.66 bits per heavy atom. The maximum absolute atomic E-state index is 12.8. The number of piperidine rings is 2. The predicted octanol–water partition coefficient (Wildman–Crippen LogP) is 3.12. The van der Waals surface area contributed by atoms with Crippen LogP contribution in [0.25, 0.3) is 0 Å². The smallest absolute Gasteiger partial charge is 0.243 e. The van der Waals surface area contributed by atoms with Crippen molar-refractivity contribution in [1.29, 1.82) is 0 Å². The molecule has 162 valence electrons. The normalized spacial score (nSPS) is 20.5. The Kier molecular flexibility index (Phi) is 7.25. The van der Waals surface area contributed by atoms with Crippen molar-refractivity contribution >= 4 is 27.5 Å². The number of nitrogens with zero attached hydrogens (tertiary/aromatic N) is 2. The van der Waals surface area contributed by atoms with Crippen LogP contribution in [0.1, 0.15) is 46.0 Å². The number of carbonyl (C=O) groups excluding carboxylic acids is 1. The Labute approximate surface area is 179 Å². The van der Waals surface area contributed by atoms with Crippen LogP contribution in [0.3, 0.4) is 0 Å². The van der Waals surface area contributed by atoms with E-state index >= 15 is 0 Å². The summed E-state index contributed by atoms with van der Waals surface area (Å²) in [5.41, 5.74) is -0.0608. The number of carbonyl (C=O) groups is 1. The number of likely N-dealkylation sites (tertiary alicyclic amines) is 1. The highest BCUT2D eigenvalue weighted by atomic mass is 35.5. The molecule has 1 aromatic carbocycles. The highest BCUT2D eigenvalue weighted by molar-refractivity contribution is 7.89. The molecule has 0 bridgehead atoms. The van der Waals surface area contributed by atoms with Gasteiger partial charge in [-0.3, -0.25) is 9.69 Å². The van der Waals surface area contributed by atoms with E-state index in [4.69, 9.17) is 11.6 Å². The highest BCUT2D eigenvalue weighted by Gasteiger charge is 2.33. The summed E-state index contributed by atoms with van der Waals surface area (Å²) in [6, 6.07) is 6.22. The third-order valence-electron chi connectivity index (χ3n) is 6.18. The van der Waals surface area contributed by atoms with Crippen LogP contribution in [0.4, 0.5) is 0 Å². The molecule has 0 aliphatic carbocycles.